The molecule has 0 radical (unpaired) electrons. The third-order valence-electron chi connectivity index (χ3n) is 6.40. The molecule has 2 aromatic rings. The van der Waals surface area contributed by atoms with Crippen LogP contribution in [-0.4, -0.2) is 21.3 Å². The molecule has 4 aliphatic carbocycles. The Bertz CT molecular complexity index is 785. The second kappa shape index (κ2) is 5.37. The van der Waals surface area contributed by atoms with E-state index < -0.39 is 0 Å². The molecule has 4 aliphatic rings. The molecule has 6 nitrogen and oxygen atoms in total. The van der Waals surface area contributed by atoms with Crippen LogP contribution in [0.25, 0.3) is 0 Å². The van der Waals surface area contributed by atoms with Crippen molar-refractivity contribution in [2.45, 2.75) is 57.8 Å². The largest absolute Gasteiger partial charge is 0.361 e. The average molecular weight is 358 g/mol. The minimum Gasteiger partial charge on any atom is -0.361 e. The number of hydrogen-bond acceptors (Lipinski definition) is 6. The first-order chi connectivity index (χ1) is 12.0. The summed E-state index contributed by atoms with van der Waals surface area (Å²) >= 11 is 1.55. The second-order valence-electron chi connectivity index (χ2n) is 8.26. The van der Waals surface area contributed by atoms with Gasteiger partial charge in [0.15, 0.2) is 0 Å². The SMILES string of the molecule is Cc1noc(C)c1C(=O)Nc1nnc(C23CC4CC(CC(C4)C2)C3)s1. The Balaban J connectivity index is 1.38. The van der Waals surface area contributed by atoms with E-state index in [1.165, 1.54) is 38.5 Å². The second-order valence-corrected chi connectivity index (χ2v) is 9.24. The normalized spacial score (nSPS) is 33.0. The third-order valence-corrected chi connectivity index (χ3v) is 7.48. The monoisotopic (exact) mass is 358 g/mol. The lowest BCUT2D eigenvalue weighted by atomic mass is 9.50. The molecule has 2 heterocycles. The lowest BCUT2D eigenvalue weighted by Crippen LogP contribution is -2.48. The summed E-state index contributed by atoms with van der Waals surface area (Å²) in [5.41, 5.74) is 1.31. The van der Waals surface area contributed by atoms with E-state index in [0.29, 0.717) is 22.1 Å². The van der Waals surface area contributed by atoms with Crippen LogP contribution >= 0.6 is 11.3 Å². The first-order valence-corrected chi connectivity index (χ1v) is 9.92. The lowest BCUT2D eigenvalue weighted by molar-refractivity contribution is -0.00555. The van der Waals surface area contributed by atoms with Crippen molar-refractivity contribution in [1.29, 1.82) is 0 Å². The first kappa shape index (κ1) is 15.5. The van der Waals surface area contributed by atoms with E-state index in [0.717, 1.165) is 22.8 Å². The summed E-state index contributed by atoms with van der Waals surface area (Å²) in [4.78, 5) is 12.5. The molecule has 4 fully saturated rings. The molecule has 132 valence electrons. The van der Waals surface area contributed by atoms with Gasteiger partial charge in [-0.15, -0.1) is 10.2 Å². The molecule has 6 rings (SSSR count). The van der Waals surface area contributed by atoms with Crippen LogP contribution in [0.4, 0.5) is 5.13 Å². The third kappa shape index (κ3) is 2.43. The zero-order chi connectivity index (χ0) is 17.2. The summed E-state index contributed by atoms with van der Waals surface area (Å²) in [6.07, 6.45) is 8.00. The molecule has 1 amide bonds. The molecule has 0 unspecified atom stereocenters. The highest BCUT2D eigenvalue weighted by atomic mass is 32.1. The van der Waals surface area contributed by atoms with E-state index in [2.05, 4.69) is 20.7 Å². The fourth-order valence-electron chi connectivity index (χ4n) is 5.83. The molecule has 4 bridgehead atoms. The van der Waals surface area contributed by atoms with E-state index in [1.807, 2.05) is 0 Å². The predicted molar refractivity (Wildman–Crippen MR) is 93.7 cm³/mol. The number of nitrogens with one attached hydrogen (secondary N) is 1. The Morgan fingerprint density at radius 3 is 2.32 bits per heavy atom. The van der Waals surface area contributed by atoms with Crippen molar-refractivity contribution < 1.29 is 9.32 Å². The Morgan fingerprint density at radius 1 is 1.12 bits per heavy atom. The van der Waals surface area contributed by atoms with Gasteiger partial charge in [-0.2, -0.15) is 0 Å². The van der Waals surface area contributed by atoms with Crippen molar-refractivity contribution in [3.63, 3.8) is 0 Å². The van der Waals surface area contributed by atoms with Crippen LogP contribution in [0.3, 0.4) is 0 Å². The molecule has 0 spiro atoms. The Kier molecular flexibility index (Phi) is 3.33. The van der Waals surface area contributed by atoms with Crippen LogP contribution in [0, 0.1) is 31.6 Å². The van der Waals surface area contributed by atoms with Crippen LogP contribution in [0.5, 0.6) is 0 Å². The fourth-order valence-corrected chi connectivity index (χ4v) is 6.78. The lowest BCUT2D eigenvalue weighted by Gasteiger charge is -2.55. The first-order valence-electron chi connectivity index (χ1n) is 9.10. The summed E-state index contributed by atoms with van der Waals surface area (Å²) in [5.74, 6) is 2.92. The molecular weight excluding hydrogens is 336 g/mol. The van der Waals surface area contributed by atoms with Crippen molar-refractivity contribution >= 4 is 22.4 Å². The van der Waals surface area contributed by atoms with Crippen LogP contribution in [0.15, 0.2) is 4.52 Å². The van der Waals surface area contributed by atoms with Crippen molar-refractivity contribution in [2.24, 2.45) is 17.8 Å². The van der Waals surface area contributed by atoms with E-state index >= 15 is 0 Å². The van der Waals surface area contributed by atoms with Gasteiger partial charge in [-0.05, 0) is 70.1 Å². The van der Waals surface area contributed by atoms with Crippen LogP contribution in [-0.2, 0) is 5.41 Å². The maximum Gasteiger partial charge on any atom is 0.263 e. The van der Waals surface area contributed by atoms with Crippen LogP contribution in [0.1, 0.15) is 65.3 Å². The van der Waals surface area contributed by atoms with Gasteiger partial charge < -0.3 is 4.52 Å². The molecule has 0 aliphatic heterocycles. The number of aromatic nitrogens is 3. The highest BCUT2D eigenvalue weighted by molar-refractivity contribution is 7.15. The van der Waals surface area contributed by atoms with Crippen LogP contribution in [0.2, 0.25) is 0 Å². The van der Waals surface area contributed by atoms with Crippen molar-refractivity contribution in [2.75, 3.05) is 5.32 Å². The highest BCUT2D eigenvalue weighted by Gasteiger charge is 2.53. The highest BCUT2D eigenvalue weighted by Crippen LogP contribution is 2.61. The molecule has 4 saturated carbocycles. The molecule has 0 atom stereocenters. The van der Waals surface area contributed by atoms with Gasteiger partial charge in [-0.25, -0.2) is 0 Å². The molecule has 0 aromatic carbocycles. The fraction of sp³-hybridized carbons (Fsp3) is 0.667. The summed E-state index contributed by atoms with van der Waals surface area (Å²) in [6.45, 7) is 3.52. The van der Waals surface area contributed by atoms with Gasteiger partial charge in [0.25, 0.3) is 5.91 Å². The quantitative estimate of drug-likeness (QED) is 0.901. The van der Waals surface area contributed by atoms with Gasteiger partial charge in [0.1, 0.15) is 16.3 Å². The van der Waals surface area contributed by atoms with Crippen molar-refractivity contribution in [1.82, 2.24) is 15.4 Å². The van der Waals surface area contributed by atoms with E-state index in [1.54, 1.807) is 25.2 Å². The van der Waals surface area contributed by atoms with Crippen LogP contribution < -0.4 is 5.32 Å². The smallest absolute Gasteiger partial charge is 0.263 e. The number of rotatable bonds is 3. The maximum atomic E-state index is 12.5. The van der Waals surface area contributed by atoms with Gasteiger partial charge in [0, 0.05) is 5.41 Å². The Morgan fingerprint density at radius 2 is 1.76 bits per heavy atom. The molecule has 0 saturated heterocycles. The van der Waals surface area contributed by atoms with E-state index in [4.69, 9.17) is 4.52 Å². The van der Waals surface area contributed by atoms with Gasteiger partial charge in [-0.3, -0.25) is 10.1 Å². The topological polar surface area (TPSA) is 80.9 Å². The summed E-state index contributed by atoms with van der Waals surface area (Å²) < 4.78 is 5.08. The molecule has 25 heavy (non-hydrogen) atoms. The van der Waals surface area contributed by atoms with Crippen molar-refractivity contribution in [3.8, 4) is 0 Å². The minimum absolute atomic E-state index is 0.218. The average Bonchev–Trinajstić information content (AvgIpc) is 3.13. The molecule has 7 heteroatoms. The number of nitrogens with zero attached hydrogens (tertiary/aromatic N) is 3. The van der Waals surface area contributed by atoms with Gasteiger partial charge >= 0.3 is 0 Å². The number of hydrogen-bond donors (Lipinski definition) is 1. The minimum atomic E-state index is -0.218. The van der Waals surface area contributed by atoms with E-state index in [-0.39, 0.29) is 11.3 Å². The summed E-state index contributed by atoms with van der Waals surface area (Å²) in [5, 5.41) is 17.2. The van der Waals surface area contributed by atoms with Gasteiger partial charge in [0.05, 0.1) is 5.69 Å². The number of anilines is 1. The summed E-state index contributed by atoms with van der Waals surface area (Å²) in [7, 11) is 0. The maximum absolute atomic E-state index is 12.5. The van der Waals surface area contributed by atoms with Crippen molar-refractivity contribution in [3.05, 3.63) is 22.0 Å². The summed E-state index contributed by atoms with van der Waals surface area (Å²) in [6, 6.07) is 0. The van der Waals surface area contributed by atoms with Gasteiger partial charge in [0.2, 0.25) is 5.13 Å². The van der Waals surface area contributed by atoms with E-state index in [9.17, 15) is 4.79 Å². The number of aryl methyl sites for hydroxylation is 2. The number of amides is 1. The zero-order valence-corrected chi connectivity index (χ0v) is 15.4. The predicted octanol–water partition coefficient (Wildman–Crippen LogP) is 3.86. The number of carbonyl (C=O) groups is 1. The Hall–Kier alpha value is -1.76. The molecule has 1 N–H and O–H groups in total. The number of carbonyl (C=O) groups excluding carboxylic acids is 1. The molecular formula is C18H22N4O2S. The molecule has 2 aromatic heterocycles. The Labute approximate surface area is 150 Å². The van der Waals surface area contributed by atoms with Gasteiger partial charge in [-0.1, -0.05) is 16.5 Å². The standard InChI is InChI=1S/C18H22N4O2S/c1-9-14(10(2)24-22-9)15(23)19-17-21-20-16(25-17)18-6-11-3-12(7-18)5-13(4-11)8-18/h11-13H,3-8H2,1-2H3,(H,19,21,23). The zero-order valence-electron chi connectivity index (χ0n) is 14.5.